The second-order valence-electron chi connectivity index (χ2n) is 8.05. The van der Waals surface area contributed by atoms with Crippen LogP contribution in [0.4, 0.5) is 0 Å². The maximum absolute atomic E-state index is 13.2. The molecular formula is C21H29NO3. The highest BCUT2D eigenvalue weighted by Crippen LogP contribution is 2.41. The number of aliphatic hydroxyl groups is 1. The van der Waals surface area contributed by atoms with E-state index >= 15 is 0 Å². The molecule has 4 nitrogen and oxygen atoms in total. The molecule has 25 heavy (non-hydrogen) atoms. The highest BCUT2D eigenvalue weighted by Gasteiger charge is 2.49. The van der Waals surface area contributed by atoms with E-state index in [-0.39, 0.29) is 12.0 Å². The zero-order valence-electron chi connectivity index (χ0n) is 14.9. The fraction of sp³-hybridized carbons (Fsp3) is 0.667. The Morgan fingerprint density at radius 3 is 2.32 bits per heavy atom. The molecule has 3 aliphatic heterocycles. The molecule has 3 saturated heterocycles. The molecule has 4 heteroatoms. The van der Waals surface area contributed by atoms with Crippen LogP contribution in [0, 0.1) is 11.8 Å². The van der Waals surface area contributed by atoms with Gasteiger partial charge in [-0.25, -0.2) is 4.79 Å². The van der Waals surface area contributed by atoms with Crippen LogP contribution in [0.5, 0.6) is 0 Å². The highest BCUT2D eigenvalue weighted by atomic mass is 16.6. The van der Waals surface area contributed by atoms with Crippen molar-refractivity contribution in [3.05, 3.63) is 35.9 Å². The summed E-state index contributed by atoms with van der Waals surface area (Å²) in [7, 11) is 0. The zero-order valence-corrected chi connectivity index (χ0v) is 14.9. The van der Waals surface area contributed by atoms with Crippen LogP contribution in [-0.4, -0.2) is 41.7 Å². The lowest BCUT2D eigenvalue weighted by Crippen LogP contribution is -2.54. The van der Waals surface area contributed by atoms with Gasteiger partial charge in [-0.3, -0.25) is 4.90 Å². The highest BCUT2D eigenvalue weighted by molar-refractivity contribution is 5.81. The number of rotatable bonds is 4. The number of hydrogen-bond acceptors (Lipinski definition) is 4. The van der Waals surface area contributed by atoms with Gasteiger partial charge in [0.25, 0.3) is 0 Å². The molecule has 2 bridgehead atoms. The van der Waals surface area contributed by atoms with Crippen molar-refractivity contribution in [2.75, 3.05) is 19.6 Å². The lowest BCUT2D eigenvalue weighted by atomic mass is 9.73. The number of carbonyl (C=O) groups excluding carboxylic acids is 1. The summed E-state index contributed by atoms with van der Waals surface area (Å²) in [5.74, 6) is -0.0121. The van der Waals surface area contributed by atoms with E-state index in [9.17, 15) is 9.90 Å². The minimum absolute atomic E-state index is 0.0442. The number of benzene rings is 1. The molecule has 1 aromatic rings. The average molecular weight is 343 g/mol. The number of nitrogens with zero attached hydrogens (tertiary/aromatic N) is 1. The molecule has 2 unspecified atom stereocenters. The summed E-state index contributed by atoms with van der Waals surface area (Å²) < 4.78 is 5.97. The minimum Gasteiger partial charge on any atom is -0.458 e. The van der Waals surface area contributed by atoms with Crippen molar-refractivity contribution in [3.63, 3.8) is 0 Å². The molecular weight excluding hydrogens is 314 g/mol. The molecule has 4 fully saturated rings. The van der Waals surface area contributed by atoms with Gasteiger partial charge in [0, 0.05) is 12.5 Å². The van der Waals surface area contributed by atoms with Crippen molar-refractivity contribution < 1.29 is 14.6 Å². The number of esters is 1. The van der Waals surface area contributed by atoms with E-state index in [0.717, 1.165) is 58.2 Å². The smallest absolute Gasteiger partial charge is 0.343 e. The lowest BCUT2D eigenvalue weighted by molar-refractivity contribution is -0.189. The van der Waals surface area contributed by atoms with Gasteiger partial charge in [-0.1, -0.05) is 49.6 Å². The number of carbonyl (C=O) groups is 1. The first-order valence-corrected chi connectivity index (χ1v) is 9.89. The third-order valence-corrected chi connectivity index (χ3v) is 6.58. The molecule has 3 heterocycles. The summed E-state index contributed by atoms with van der Waals surface area (Å²) in [6.45, 7) is 3.06. The Balaban J connectivity index is 1.58. The van der Waals surface area contributed by atoms with Crippen molar-refractivity contribution in [1.82, 2.24) is 4.90 Å². The molecule has 136 valence electrons. The number of piperidine rings is 3. The summed E-state index contributed by atoms with van der Waals surface area (Å²) in [6, 6.07) is 9.44. The Kier molecular flexibility index (Phi) is 4.83. The van der Waals surface area contributed by atoms with Crippen molar-refractivity contribution in [2.24, 2.45) is 11.8 Å². The van der Waals surface area contributed by atoms with Gasteiger partial charge in [0.1, 0.15) is 6.10 Å². The molecule has 1 aromatic carbocycles. The fourth-order valence-corrected chi connectivity index (χ4v) is 5.00. The monoisotopic (exact) mass is 343 g/mol. The van der Waals surface area contributed by atoms with Crippen LogP contribution in [0.25, 0.3) is 0 Å². The molecule has 1 aliphatic carbocycles. The first kappa shape index (κ1) is 17.0. The second kappa shape index (κ2) is 7.08. The quantitative estimate of drug-likeness (QED) is 0.854. The van der Waals surface area contributed by atoms with Crippen molar-refractivity contribution in [1.29, 1.82) is 0 Å². The third kappa shape index (κ3) is 3.22. The summed E-state index contributed by atoms with van der Waals surface area (Å²) in [5, 5.41) is 11.6. The minimum atomic E-state index is -1.51. The number of hydrogen-bond donors (Lipinski definition) is 1. The van der Waals surface area contributed by atoms with Crippen LogP contribution in [0.15, 0.2) is 30.3 Å². The van der Waals surface area contributed by atoms with Crippen LogP contribution in [0.3, 0.4) is 0 Å². The molecule has 0 spiro atoms. The van der Waals surface area contributed by atoms with E-state index in [1.807, 2.05) is 30.3 Å². The molecule has 5 rings (SSSR count). The maximum atomic E-state index is 13.2. The zero-order chi connectivity index (χ0) is 17.3. The van der Waals surface area contributed by atoms with Crippen LogP contribution in [0.2, 0.25) is 0 Å². The fourth-order valence-electron chi connectivity index (χ4n) is 5.00. The molecule has 1 saturated carbocycles. The van der Waals surface area contributed by atoms with Gasteiger partial charge in [-0.05, 0) is 50.3 Å². The molecule has 2 atom stereocenters. The lowest BCUT2D eigenvalue weighted by Gasteiger charge is -2.45. The van der Waals surface area contributed by atoms with Crippen molar-refractivity contribution in [3.8, 4) is 0 Å². The van der Waals surface area contributed by atoms with Crippen molar-refractivity contribution in [2.45, 2.75) is 56.7 Å². The van der Waals surface area contributed by atoms with E-state index in [2.05, 4.69) is 4.90 Å². The summed E-state index contributed by atoms with van der Waals surface area (Å²) >= 11 is 0. The molecule has 0 amide bonds. The average Bonchev–Trinajstić information content (AvgIpc) is 2.69. The predicted molar refractivity (Wildman–Crippen MR) is 96.0 cm³/mol. The summed E-state index contributed by atoms with van der Waals surface area (Å²) in [4.78, 5) is 15.6. The summed E-state index contributed by atoms with van der Waals surface area (Å²) in [5.41, 5.74) is -0.818. The largest absolute Gasteiger partial charge is 0.458 e. The van der Waals surface area contributed by atoms with Gasteiger partial charge in [0.05, 0.1) is 0 Å². The van der Waals surface area contributed by atoms with Gasteiger partial charge in [-0.15, -0.1) is 0 Å². The normalized spacial score (nSPS) is 32.1. The standard InChI is InChI=1S/C21H29NO3/c23-20(25-19-15-22-13-11-16(19)12-14-22)21(24,17-7-3-1-4-8-17)18-9-5-2-6-10-18/h1,3-4,7-8,16,18-19,24H,2,5-6,9-15H2. The van der Waals surface area contributed by atoms with Gasteiger partial charge in [0.15, 0.2) is 5.60 Å². The second-order valence-corrected chi connectivity index (χ2v) is 8.05. The number of ether oxygens (including phenoxy) is 1. The van der Waals surface area contributed by atoms with E-state index < -0.39 is 11.6 Å². The topological polar surface area (TPSA) is 49.8 Å². The van der Waals surface area contributed by atoms with E-state index in [1.165, 1.54) is 6.42 Å². The van der Waals surface area contributed by atoms with Gasteiger partial charge in [-0.2, -0.15) is 0 Å². The third-order valence-electron chi connectivity index (χ3n) is 6.58. The van der Waals surface area contributed by atoms with Gasteiger partial charge >= 0.3 is 5.97 Å². The Morgan fingerprint density at radius 1 is 1.04 bits per heavy atom. The SMILES string of the molecule is O=C(OC1CN2CCC1CC2)C(O)(c1ccccc1)C1CCCCC1. The Labute approximate surface area is 150 Å². The molecule has 1 N–H and O–H groups in total. The van der Waals surface area contributed by atoms with E-state index in [4.69, 9.17) is 4.74 Å². The Hall–Kier alpha value is -1.39. The Bertz CT molecular complexity index is 590. The Morgan fingerprint density at radius 2 is 1.72 bits per heavy atom. The van der Waals surface area contributed by atoms with Crippen molar-refractivity contribution >= 4 is 5.97 Å². The first-order chi connectivity index (χ1) is 12.2. The van der Waals surface area contributed by atoms with Crippen LogP contribution in [0.1, 0.15) is 50.5 Å². The van der Waals surface area contributed by atoms with Crippen LogP contribution in [-0.2, 0) is 15.1 Å². The maximum Gasteiger partial charge on any atom is 0.343 e. The molecule has 0 radical (unpaired) electrons. The van der Waals surface area contributed by atoms with Crippen LogP contribution >= 0.6 is 0 Å². The van der Waals surface area contributed by atoms with Crippen LogP contribution < -0.4 is 0 Å². The van der Waals surface area contributed by atoms with E-state index in [1.54, 1.807) is 0 Å². The molecule has 0 aromatic heterocycles. The summed E-state index contributed by atoms with van der Waals surface area (Å²) in [6.07, 6.45) is 7.27. The van der Waals surface area contributed by atoms with E-state index in [0.29, 0.717) is 11.5 Å². The first-order valence-electron chi connectivity index (χ1n) is 9.89. The predicted octanol–water partition coefficient (Wildman–Crippen LogP) is 3.09. The number of fused-ring (bicyclic) bond motifs is 3. The van der Waals surface area contributed by atoms with Gasteiger partial charge in [0.2, 0.25) is 0 Å². The van der Waals surface area contributed by atoms with Gasteiger partial charge < -0.3 is 9.84 Å². The molecule has 4 aliphatic rings.